The summed E-state index contributed by atoms with van der Waals surface area (Å²) >= 11 is 0. The van der Waals surface area contributed by atoms with E-state index in [1.54, 1.807) is 22.8 Å². The van der Waals surface area contributed by atoms with E-state index in [9.17, 15) is 9.59 Å². The first-order valence-electron chi connectivity index (χ1n) is 5.60. The first-order chi connectivity index (χ1) is 8.16. The van der Waals surface area contributed by atoms with Crippen LogP contribution in [0.4, 0.5) is 0 Å². The Kier molecular flexibility index (Phi) is 2.07. The molecule has 1 aromatic carbocycles. The van der Waals surface area contributed by atoms with Crippen molar-refractivity contribution in [3.63, 3.8) is 0 Å². The van der Waals surface area contributed by atoms with Crippen molar-refractivity contribution in [3.8, 4) is 0 Å². The average Bonchev–Trinajstić information content (AvgIpc) is 3.01. The molecule has 0 spiro atoms. The summed E-state index contributed by atoms with van der Waals surface area (Å²) in [5.74, 6) is -0.881. The Morgan fingerprint density at radius 2 is 2.24 bits per heavy atom. The van der Waals surface area contributed by atoms with Crippen LogP contribution in [0.2, 0.25) is 0 Å². The highest BCUT2D eigenvalue weighted by molar-refractivity contribution is 5.83. The second-order valence-corrected chi connectivity index (χ2v) is 4.42. The molecule has 1 aromatic heterocycles. The number of nitrogens with one attached hydrogen (secondary N) is 1. The van der Waals surface area contributed by atoms with Crippen LogP contribution in [-0.2, 0) is 11.2 Å². The molecule has 1 saturated carbocycles. The maximum atomic E-state index is 11.8. The van der Waals surface area contributed by atoms with Crippen molar-refractivity contribution in [1.29, 1.82) is 0 Å². The standard InChI is InChI=1S/C12H12N2O3/c15-10(16)6-7-2-1-3-9-11(7)14(8-4-5-8)12(17)13-9/h1-3,8H,4-6H2,(H,13,17)(H,15,16). The molecule has 1 heterocycles. The van der Waals surface area contributed by atoms with Crippen LogP contribution >= 0.6 is 0 Å². The minimum absolute atomic E-state index is 0.0542. The number of hydrogen-bond donors (Lipinski definition) is 2. The van der Waals surface area contributed by atoms with Gasteiger partial charge in [0.25, 0.3) is 0 Å². The number of H-pyrrole nitrogens is 1. The van der Waals surface area contributed by atoms with E-state index in [0.717, 1.165) is 23.9 Å². The number of aliphatic carboxylic acids is 1. The lowest BCUT2D eigenvalue weighted by atomic mass is 10.1. The third-order valence-electron chi connectivity index (χ3n) is 3.07. The molecular formula is C12H12N2O3. The summed E-state index contributed by atoms with van der Waals surface area (Å²) in [6, 6.07) is 5.59. The molecule has 5 nitrogen and oxygen atoms in total. The van der Waals surface area contributed by atoms with Gasteiger partial charge in [0.15, 0.2) is 0 Å². The summed E-state index contributed by atoms with van der Waals surface area (Å²) in [5.41, 5.74) is 2.03. The topological polar surface area (TPSA) is 75.1 Å². The Morgan fingerprint density at radius 1 is 1.47 bits per heavy atom. The Morgan fingerprint density at radius 3 is 2.88 bits per heavy atom. The maximum absolute atomic E-state index is 11.8. The second kappa shape index (κ2) is 3.48. The number of nitrogens with zero attached hydrogens (tertiary/aromatic N) is 1. The molecule has 5 heteroatoms. The smallest absolute Gasteiger partial charge is 0.326 e. The van der Waals surface area contributed by atoms with Crippen LogP contribution in [0.5, 0.6) is 0 Å². The molecule has 0 aliphatic heterocycles. The van der Waals surface area contributed by atoms with Crippen molar-refractivity contribution < 1.29 is 9.90 Å². The zero-order chi connectivity index (χ0) is 12.0. The van der Waals surface area contributed by atoms with E-state index in [2.05, 4.69) is 4.98 Å². The van der Waals surface area contributed by atoms with Gasteiger partial charge in [-0.15, -0.1) is 0 Å². The number of aromatic nitrogens is 2. The van der Waals surface area contributed by atoms with E-state index in [1.165, 1.54) is 0 Å². The largest absolute Gasteiger partial charge is 0.481 e. The zero-order valence-electron chi connectivity index (χ0n) is 9.14. The minimum Gasteiger partial charge on any atom is -0.481 e. The van der Waals surface area contributed by atoms with Crippen LogP contribution in [-0.4, -0.2) is 20.6 Å². The van der Waals surface area contributed by atoms with Crippen LogP contribution < -0.4 is 5.69 Å². The summed E-state index contributed by atoms with van der Waals surface area (Å²) in [6.07, 6.45) is 1.93. The Hall–Kier alpha value is -2.04. The first kappa shape index (κ1) is 10.1. The normalized spacial score (nSPS) is 15.3. The van der Waals surface area contributed by atoms with Crippen LogP contribution in [0.25, 0.3) is 11.0 Å². The zero-order valence-corrected chi connectivity index (χ0v) is 9.14. The molecule has 0 unspecified atom stereocenters. The molecule has 0 amide bonds. The molecule has 2 N–H and O–H groups in total. The third-order valence-corrected chi connectivity index (χ3v) is 3.07. The highest BCUT2D eigenvalue weighted by Crippen LogP contribution is 2.36. The van der Waals surface area contributed by atoms with Crippen LogP contribution in [0.1, 0.15) is 24.4 Å². The quantitative estimate of drug-likeness (QED) is 0.837. The average molecular weight is 232 g/mol. The van der Waals surface area contributed by atoms with Crippen molar-refractivity contribution in [3.05, 3.63) is 34.2 Å². The molecule has 17 heavy (non-hydrogen) atoms. The monoisotopic (exact) mass is 232 g/mol. The van der Waals surface area contributed by atoms with Gasteiger partial charge in [-0.2, -0.15) is 0 Å². The molecule has 0 bridgehead atoms. The third kappa shape index (κ3) is 1.63. The molecular weight excluding hydrogens is 220 g/mol. The van der Waals surface area contributed by atoms with Gasteiger partial charge < -0.3 is 10.1 Å². The summed E-state index contributed by atoms with van der Waals surface area (Å²) in [6.45, 7) is 0. The number of hydrogen-bond acceptors (Lipinski definition) is 2. The summed E-state index contributed by atoms with van der Waals surface area (Å²) in [5, 5.41) is 8.88. The first-order valence-corrected chi connectivity index (χ1v) is 5.60. The molecule has 1 aliphatic rings. The Bertz CT molecular complexity index is 649. The van der Waals surface area contributed by atoms with Gasteiger partial charge in [-0.3, -0.25) is 9.36 Å². The Balaban J connectivity index is 2.27. The van der Waals surface area contributed by atoms with Crippen molar-refractivity contribution >= 4 is 17.0 Å². The van der Waals surface area contributed by atoms with Gasteiger partial charge in [0.2, 0.25) is 0 Å². The minimum atomic E-state index is -0.881. The molecule has 88 valence electrons. The number of benzene rings is 1. The van der Waals surface area contributed by atoms with Crippen molar-refractivity contribution in [1.82, 2.24) is 9.55 Å². The lowest BCUT2D eigenvalue weighted by Crippen LogP contribution is -2.16. The number of rotatable bonds is 3. The van der Waals surface area contributed by atoms with Crippen LogP contribution in [0, 0.1) is 0 Å². The van der Waals surface area contributed by atoms with Gasteiger partial charge >= 0.3 is 11.7 Å². The fraction of sp³-hybridized carbons (Fsp3) is 0.333. The predicted octanol–water partition coefficient (Wildman–Crippen LogP) is 1.29. The predicted molar refractivity (Wildman–Crippen MR) is 62.2 cm³/mol. The van der Waals surface area contributed by atoms with Gasteiger partial charge in [0.05, 0.1) is 17.5 Å². The van der Waals surface area contributed by atoms with E-state index in [0.29, 0.717) is 5.56 Å². The number of imidazole rings is 1. The van der Waals surface area contributed by atoms with E-state index in [1.807, 2.05) is 0 Å². The number of fused-ring (bicyclic) bond motifs is 1. The van der Waals surface area contributed by atoms with E-state index in [-0.39, 0.29) is 18.2 Å². The van der Waals surface area contributed by atoms with Crippen molar-refractivity contribution in [2.45, 2.75) is 25.3 Å². The fourth-order valence-corrected chi connectivity index (χ4v) is 2.24. The van der Waals surface area contributed by atoms with Crippen molar-refractivity contribution in [2.24, 2.45) is 0 Å². The second-order valence-electron chi connectivity index (χ2n) is 4.42. The molecule has 0 saturated heterocycles. The number of carboxylic acid groups (broad SMARTS) is 1. The molecule has 1 aliphatic carbocycles. The van der Waals surface area contributed by atoms with Crippen molar-refractivity contribution in [2.75, 3.05) is 0 Å². The summed E-state index contributed by atoms with van der Waals surface area (Å²) < 4.78 is 1.70. The van der Waals surface area contributed by atoms with Gasteiger partial charge in [0, 0.05) is 6.04 Å². The SMILES string of the molecule is O=C(O)Cc1cccc2[nH]c(=O)n(C3CC3)c12. The number of carbonyl (C=O) groups is 1. The Labute approximate surface area is 96.7 Å². The van der Waals surface area contributed by atoms with E-state index >= 15 is 0 Å². The van der Waals surface area contributed by atoms with E-state index < -0.39 is 5.97 Å². The van der Waals surface area contributed by atoms with Gasteiger partial charge in [-0.25, -0.2) is 4.79 Å². The molecule has 1 fully saturated rings. The highest BCUT2D eigenvalue weighted by atomic mass is 16.4. The number of para-hydroxylation sites is 1. The van der Waals surface area contributed by atoms with Crippen LogP contribution in [0.3, 0.4) is 0 Å². The number of carboxylic acids is 1. The number of aromatic amines is 1. The lowest BCUT2D eigenvalue weighted by Gasteiger charge is -2.04. The van der Waals surface area contributed by atoms with Crippen LogP contribution in [0.15, 0.2) is 23.0 Å². The molecule has 2 aromatic rings. The summed E-state index contributed by atoms with van der Waals surface area (Å²) in [7, 11) is 0. The van der Waals surface area contributed by atoms with E-state index in [4.69, 9.17) is 5.11 Å². The highest BCUT2D eigenvalue weighted by Gasteiger charge is 2.28. The summed E-state index contributed by atoms with van der Waals surface area (Å²) in [4.78, 5) is 25.4. The molecule has 0 radical (unpaired) electrons. The molecule has 0 atom stereocenters. The fourth-order valence-electron chi connectivity index (χ4n) is 2.24. The van der Waals surface area contributed by atoms with Gasteiger partial charge in [-0.1, -0.05) is 12.1 Å². The lowest BCUT2D eigenvalue weighted by molar-refractivity contribution is -0.136. The molecule has 3 rings (SSSR count). The maximum Gasteiger partial charge on any atom is 0.326 e. The van der Waals surface area contributed by atoms with Gasteiger partial charge in [-0.05, 0) is 24.5 Å². The van der Waals surface area contributed by atoms with Gasteiger partial charge in [0.1, 0.15) is 0 Å².